The molecule has 11 aromatic rings. The first-order valence-corrected chi connectivity index (χ1v) is 21.9. The number of benzene rings is 11. The number of nitrogens with zero attached hydrogens (tertiary/aromatic N) is 1. The molecule has 0 fully saturated rings. The summed E-state index contributed by atoms with van der Waals surface area (Å²) in [5, 5.41) is 4.79. The van der Waals surface area contributed by atoms with Crippen LogP contribution in [0, 0.1) is 0 Å². The number of hydrogen-bond donors (Lipinski definition) is 0. The number of ether oxygens (including phenoxy) is 1. The number of hydrogen-bond acceptors (Lipinski definition) is 2. The molecule has 0 saturated carbocycles. The van der Waals surface area contributed by atoms with Crippen molar-refractivity contribution in [2.75, 3.05) is 4.90 Å². The molecule has 2 nitrogen and oxygen atoms in total. The molecule has 12 rings (SSSR count). The van der Waals surface area contributed by atoms with Gasteiger partial charge in [0.25, 0.3) is 0 Å². The molecule has 0 unspecified atom stereocenters. The molecule has 0 bridgehead atoms. The monoisotopic (exact) mass is 815 g/mol. The first kappa shape index (κ1) is 37.3. The molecular weight excluding hydrogens is 775 g/mol. The highest BCUT2D eigenvalue weighted by Gasteiger charge is 2.25. The van der Waals surface area contributed by atoms with E-state index in [2.05, 4.69) is 254 Å². The van der Waals surface area contributed by atoms with Crippen molar-refractivity contribution in [2.24, 2.45) is 0 Å². The third kappa shape index (κ3) is 6.79. The van der Waals surface area contributed by atoms with Gasteiger partial charge in [0.15, 0.2) is 0 Å². The Bertz CT molecular complexity index is 3480. The van der Waals surface area contributed by atoms with Crippen LogP contribution in [0.15, 0.2) is 249 Å². The van der Waals surface area contributed by atoms with Crippen LogP contribution >= 0.6 is 0 Å². The highest BCUT2D eigenvalue weighted by Crippen LogP contribution is 2.51. The molecule has 0 aromatic heterocycles. The van der Waals surface area contributed by atoms with Crippen molar-refractivity contribution >= 4 is 38.6 Å². The van der Waals surface area contributed by atoms with E-state index in [0.29, 0.717) is 0 Å². The van der Waals surface area contributed by atoms with Crippen molar-refractivity contribution in [1.82, 2.24) is 0 Å². The van der Waals surface area contributed by atoms with Crippen molar-refractivity contribution in [3.05, 3.63) is 249 Å². The second-order valence-electron chi connectivity index (χ2n) is 16.5. The normalized spacial score (nSPS) is 11.6. The average molecular weight is 816 g/mol. The number of anilines is 3. The van der Waals surface area contributed by atoms with Gasteiger partial charge in [-0.3, -0.25) is 0 Å². The van der Waals surface area contributed by atoms with Gasteiger partial charge in [-0.15, -0.1) is 0 Å². The molecule has 0 saturated heterocycles. The van der Waals surface area contributed by atoms with Crippen LogP contribution in [0.1, 0.15) is 0 Å². The fraction of sp³-hybridized carbons (Fsp3) is 0. The standard InChI is InChI=1S/C62H41NO/c1-3-12-42(13-4-1)44-22-24-45(25-23-44)47-28-33-53(34-29-47)63(52-31-26-46(27-32-52)43-14-5-2-6-15-43)54-35-37-58-59-39-51(56-21-11-19-48-16-9-10-20-55(48)56)30-36-57(59)60-38-49-17-7-8-18-50(49)40-61(60)64-62(58)41-54/h1-41H. The lowest BCUT2D eigenvalue weighted by atomic mass is 9.89. The zero-order chi connectivity index (χ0) is 42.4. The van der Waals surface area contributed by atoms with Crippen molar-refractivity contribution in [3.63, 3.8) is 0 Å². The summed E-state index contributed by atoms with van der Waals surface area (Å²) >= 11 is 0. The fourth-order valence-corrected chi connectivity index (χ4v) is 9.41. The van der Waals surface area contributed by atoms with E-state index < -0.39 is 0 Å². The third-order valence-electron chi connectivity index (χ3n) is 12.7. The number of fused-ring (bicyclic) bond motifs is 7. The lowest BCUT2D eigenvalue weighted by Gasteiger charge is -2.27. The van der Waals surface area contributed by atoms with Gasteiger partial charge in [0.1, 0.15) is 11.5 Å². The summed E-state index contributed by atoms with van der Waals surface area (Å²) < 4.78 is 7.14. The molecule has 300 valence electrons. The lowest BCUT2D eigenvalue weighted by Crippen LogP contribution is -2.10. The Balaban J connectivity index is 0.995. The zero-order valence-electron chi connectivity index (χ0n) is 35.0. The molecule has 0 amide bonds. The summed E-state index contributed by atoms with van der Waals surface area (Å²) in [5.74, 6) is 1.65. The molecule has 0 N–H and O–H groups in total. The maximum absolute atomic E-state index is 7.14. The van der Waals surface area contributed by atoms with Gasteiger partial charge >= 0.3 is 0 Å². The van der Waals surface area contributed by atoms with E-state index in [-0.39, 0.29) is 0 Å². The third-order valence-corrected chi connectivity index (χ3v) is 12.7. The summed E-state index contributed by atoms with van der Waals surface area (Å²) in [6, 6.07) is 89.5. The smallest absolute Gasteiger partial charge is 0.137 e. The molecule has 2 heteroatoms. The minimum Gasteiger partial charge on any atom is -0.456 e. The van der Waals surface area contributed by atoms with E-state index >= 15 is 0 Å². The quantitative estimate of drug-likeness (QED) is 0.159. The van der Waals surface area contributed by atoms with Crippen molar-refractivity contribution in [3.8, 4) is 78.3 Å². The maximum Gasteiger partial charge on any atom is 0.137 e. The van der Waals surface area contributed by atoms with Gasteiger partial charge in [0, 0.05) is 34.3 Å². The Morgan fingerprint density at radius 2 is 0.688 bits per heavy atom. The molecule has 0 atom stereocenters. The molecule has 11 aromatic carbocycles. The highest BCUT2D eigenvalue weighted by molar-refractivity contribution is 6.02. The van der Waals surface area contributed by atoms with Crippen molar-refractivity contribution in [1.29, 1.82) is 0 Å². The second-order valence-corrected chi connectivity index (χ2v) is 16.5. The zero-order valence-corrected chi connectivity index (χ0v) is 35.0. The van der Waals surface area contributed by atoms with Crippen LogP contribution in [-0.4, -0.2) is 0 Å². The van der Waals surface area contributed by atoms with Crippen LogP contribution in [0.25, 0.3) is 88.3 Å². The summed E-state index contributed by atoms with van der Waals surface area (Å²) in [7, 11) is 0. The molecule has 64 heavy (non-hydrogen) atoms. The van der Waals surface area contributed by atoms with Gasteiger partial charge in [-0.2, -0.15) is 0 Å². The minimum absolute atomic E-state index is 0.809. The first-order chi connectivity index (χ1) is 31.7. The van der Waals surface area contributed by atoms with Crippen LogP contribution in [-0.2, 0) is 0 Å². The topological polar surface area (TPSA) is 12.5 Å². The van der Waals surface area contributed by atoms with Crippen LogP contribution in [0.4, 0.5) is 17.1 Å². The van der Waals surface area contributed by atoms with Crippen LogP contribution in [0.5, 0.6) is 11.5 Å². The summed E-state index contributed by atoms with van der Waals surface area (Å²) in [4.78, 5) is 2.33. The van der Waals surface area contributed by atoms with E-state index in [1.807, 2.05) is 0 Å². The largest absolute Gasteiger partial charge is 0.456 e. The van der Waals surface area contributed by atoms with Crippen LogP contribution in [0.3, 0.4) is 0 Å². The lowest BCUT2D eigenvalue weighted by molar-refractivity contribution is 0.488. The molecular formula is C62H41NO. The van der Waals surface area contributed by atoms with Crippen molar-refractivity contribution < 1.29 is 4.74 Å². The minimum atomic E-state index is 0.809. The van der Waals surface area contributed by atoms with Crippen LogP contribution in [0.2, 0.25) is 0 Å². The second kappa shape index (κ2) is 15.8. The van der Waals surface area contributed by atoms with Gasteiger partial charge in [-0.05, 0) is 132 Å². The summed E-state index contributed by atoms with van der Waals surface area (Å²) in [6.07, 6.45) is 0. The SMILES string of the molecule is c1ccc(-c2ccc(-c3ccc(N(c4ccc(-c5ccccc5)cc4)c4ccc5c(c4)Oc4cc6ccccc6cc4-c4ccc(-c6cccc7ccccc67)cc4-5)cc3)cc2)cc1. The Morgan fingerprint density at radius 3 is 1.31 bits per heavy atom. The average Bonchev–Trinajstić information content (AvgIpc) is 3.50. The van der Waals surface area contributed by atoms with Crippen LogP contribution < -0.4 is 9.64 Å². The molecule has 0 aliphatic carbocycles. The van der Waals surface area contributed by atoms with Gasteiger partial charge in [-0.1, -0.05) is 188 Å². The summed E-state index contributed by atoms with van der Waals surface area (Å²) in [6.45, 7) is 0. The fourth-order valence-electron chi connectivity index (χ4n) is 9.41. The highest BCUT2D eigenvalue weighted by atomic mass is 16.5. The summed E-state index contributed by atoms with van der Waals surface area (Å²) in [5.41, 5.74) is 17.0. The van der Waals surface area contributed by atoms with Gasteiger partial charge in [-0.25, -0.2) is 0 Å². The predicted octanol–water partition coefficient (Wildman–Crippen LogP) is 17.6. The Hall–Kier alpha value is -8.46. The van der Waals surface area contributed by atoms with Gasteiger partial charge in [0.2, 0.25) is 0 Å². The van der Waals surface area contributed by atoms with E-state index in [1.165, 1.54) is 55.1 Å². The van der Waals surface area contributed by atoms with E-state index in [4.69, 9.17) is 4.74 Å². The molecule has 0 radical (unpaired) electrons. The predicted molar refractivity (Wildman–Crippen MR) is 269 cm³/mol. The van der Waals surface area contributed by atoms with E-state index in [0.717, 1.165) is 61.8 Å². The molecule has 1 heterocycles. The van der Waals surface area contributed by atoms with Crippen molar-refractivity contribution in [2.45, 2.75) is 0 Å². The molecule has 1 aliphatic rings. The van der Waals surface area contributed by atoms with E-state index in [9.17, 15) is 0 Å². The Labute approximate surface area is 373 Å². The van der Waals surface area contributed by atoms with Gasteiger partial charge in [0.05, 0.1) is 0 Å². The molecule has 1 aliphatic heterocycles. The molecule has 0 spiro atoms. The van der Waals surface area contributed by atoms with E-state index in [1.54, 1.807) is 0 Å². The Morgan fingerprint density at radius 1 is 0.234 bits per heavy atom. The number of rotatable bonds is 7. The maximum atomic E-state index is 7.14. The van der Waals surface area contributed by atoms with Gasteiger partial charge < -0.3 is 9.64 Å². The first-order valence-electron chi connectivity index (χ1n) is 21.9. The Kier molecular flexibility index (Phi) is 9.20.